The number of benzene rings is 2. The molecule has 0 aliphatic rings. The summed E-state index contributed by atoms with van der Waals surface area (Å²) in [7, 11) is 1.28. The van der Waals surface area contributed by atoms with Crippen LogP contribution >= 0.6 is 0 Å². The van der Waals surface area contributed by atoms with E-state index in [1.54, 1.807) is 61.7 Å². The number of aromatic nitrogens is 2. The van der Waals surface area contributed by atoms with Crippen LogP contribution in [-0.2, 0) is 14.3 Å². The maximum atomic E-state index is 12.7. The monoisotopic (exact) mass is 467 g/mol. The average molecular weight is 467 g/mol. The molecular weight excluding hydrogens is 446 g/mol. The fraction of sp³-hybridized carbons (Fsp3) is 0.115. The van der Waals surface area contributed by atoms with Crippen LogP contribution < -0.4 is 10.2 Å². The number of carbonyl (C=O) groups excluding carboxylic acids is 3. The molecule has 0 aliphatic carbocycles. The summed E-state index contributed by atoms with van der Waals surface area (Å²) in [5.74, 6) is -1.17. The molecule has 174 valence electrons. The SMILES string of the molecule is CCC(=O)C(=O)Nc1cccc(-c2c[nH]c3ncc(N(C(=O)OC)c4cccc(C#N)c4)cc23)c1. The maximum absolute atomic E-state index is 12.7. The van der Waals surface area contributed by atoms with Gasteiger partial charge < -0.3 is 15.0 Å². The molecule has 0 fully saturated rings. The summed E-state index contributed by atoms with van der Waals surface area (Å²) in [4.78, 5) is 45.2. The number of anilines is 3. The number of nitrogens with zero attached hydrogens (tertiary/aromatic N) is 3. The highest BCUT2D eigenvalue weighted by molar-refractivity contribution is 6.40. The minimum atomic E-state index is -0.666. The molecule has 0 radical (unpaired) electrons. The second-order valence-electron chi connectivity index (χ2n) is 7.57. The fourth-order valence-electron chi connectivity index (χ4n) is 3.65. The van der Waals surface area contributed by atoms with Gasteiger partial charge in [-0.1, -0.05) is 25.1 Å². The second kappa shape index (κ2) is 9.89. The van der Waals surface area contributed by atoms with Gasteiger partial charge in [0.2, 0.25) is 5.78 Å². The lowest BCUT2D eigenvalue weighted by Crippen LogP contribution is -2.25. The Morgan fingerprint density at radius 3 is 2.66 bits per heavy atom. The van der Waals surface area contributed by atoms with Gasteiger partial charge in [0.15, 0.2) is 0 Å². The van der Waals surface area contributed by atoms with Crippen LogP contribution in [0.15, 0.2) is 67.0 Å². The first-order valence-corrected chi connectivity index (χ1v) is 10.7. The Labute approximate surface area is 201 Å². The number of pyridine rings is 1. The summed E-state index contributed by atoms with van der Waals surface area (Å²) in [6, 6.07) is 17.5. The number of hydrogen-bond acceptors (Lipinski definition) is 6. The van der Waals surface area contributed by atoms with Crippen LogP contribution in [0.2, 0.25) is 0 Å². The lowest BCUT2D eigenvalue weighted by atomic mass is 10.0. The second-order valence-corrected chi connectivity index (χ2v) is 7.57. The Hall–Kier alpha value is -4.97. The molecule has 0 unspecified atom stereocenters. The average Bonchev–Trinajstić information content (AvgIpc) is 3.32. The third-order valence-corrected chi connectivity index (χ3v) is 5.37. The maximum Gasteiger partial charge on any atom is 0.418 e. The van der Waals surface area contributed by atoms with Crippen molar-refractivity contribution in [3.8, 4) is 17.2 Å². The first-order valence-electron chi connectivity index (χ1n) is 10.7. The first-order chi connectivity index (χ1) is 16.9. The van der Waals surface area contributed by atoms with E-state index in [4.69, 9.17) is 4.74 Å². The van der Waals surface area contributed by atoms with Gasteiger partial charge in [-0.15, -0.1) is 0 Å². The zero-order valence-corrected chi connectivity index (χ0v) is 19.0. The number of ketones is 1. The molecule has 2 amide bonds. The van der Waals surface area contributed by atoms with Crippen molar-refractivity contribution in [1.82, 2.24) is 9.97 Å². The predicted molar refractivity (Wildman–Crippen MR) is 131 cm³/mol. The van der Waals surface area contributed by atoms with Gasteiger partial charge in [0.25, 0.3) is 5.91 Å². The van der Waals surface area contributed by atoms with Crippen molar-refractivity contribution in [1.29, 1.82) is 5.26 Å². The van der Waals surface area contributed by atoms with Crippen molar-refractivity contribution in [2.24, 2.45) is 0 Å². The molecule has 9 heteroatoms. The smallest absolute Gasteiger partial charge is 0.418 e. The summed E-state index contributed by atoms with van der Waals surface area (Å²) < 4.78 is 4.99. The van der Waals surface area contributed by atoms with E-state index >= 15 is 0 Å². The standard InChI is InChI=1S/C26H21N5O4/c1-3-23(32)25(33)30-18-8-5-7-17(11-18)22-15-29-24-21(22)12-20(14-28-24)31(26(34)35-2)19-9-4-6-16(10-19)13-27/h4-12,14-15H,3H2,1-2H3,(H,28,29)(H,30,33). The lowest BCUT2D eigenvalue weighted by Gasteiger charge is -2.21. The number of methoxy groups -OCH3 is 1. The number of nitriles is 1. The van der Waals surface area contributed by atoms with Crippen LogP contribution in [0, 0.1) is 11.3 Å². The summed E-state index contributed by atoms with van der Waals surface area (Å²) in [5.41, 5.74) is 3.93. The number of nitrogens with one attached hydrogen (secondary N) is 2. The van der Waals surface area contributed by atoms with Gasteiger partial charge in [0, 0.05) is 29.3 Å². The Morgan fingerprint density at radius 1 is 1.11 bits per heavy atom. The Morgan fingerprint density at radius 2 is 1.91 bits per heavy atom. The highest BCUT2D eigenvalue weighted by Crippen LogP contribution is 2.34. The van der Waals surface area contributed by atoms with Crippen molar-refractivity contribution in [3.63, 3.8) is 0 Å². The van der Waals surface area contributed by atoms with Crippen molar-refractivity contribution in [3.05, 3.63) is 72.6 Å². The molecule has 0 saturated carbocycles. The van der Waals surface area contributed by atoms with Gasteiger partial charge in [-0.2, -0.15) is 5.26 Å². The number of carbonyl (C=O) groups is 3. The number of H-pyrrole nitrogens is 1. The third kappa shape index (κ3) is 4.72. The molecule has 2 aromatic carbocycles. The summed E-state index contributed by atoms with van der Waals surface area (Å²) >= 11 is 0. The summed E-state index contributed by atoms with van der Waals surface area (Å²) in [6.45, 7) is 1.63. The molecule has 0 atom stereocenters. The van der Waals surface area contributed by atoms with Crippen LogP contribution in [0.4, 0.5) is 21.9 Å². The highest BCUT2D eigenvalue weighted by atomic mass is 16.5. The molecule has 0 bridgehead atoms. The number of fused-ring (bicyclic) bond motifs is 1. The predicted octanol–water partition coefficient (Wildman–Crippen LogP) is 4.92. The van der Waals surface area contributed by atoms with Gasteiger partial charge in [0.1, 0.15) is 5.65 Å². The van der Waals surface area contributed by atoms with Crippen LogP contribution in [0.5, 0.6) is 0 Å². The Balaban J connectivity index is 1.77. The molecule has 0 aliphatic heterocycles. The van der Waals surface area contributed by atoms with Crippen molar-refractivity contribution in [2.45, 2.75) is 13.3 Å². The molecule has 2 heterocycles. The van der Waals surface area contributed by atoms with Gasteiger partial charge in [-0.05, 0) is 42.0 Å². The number of amides is 2. The molecule has 4 rings (SSSR count). The number of hydrogen-bond donors (Lipinski definition) is 2. The van der Waals surface area contributed by atoms with Crippen LogP contribution in [0.3, 0.4) is 0 Å². The molecule has 0 spiro atoms. The first kappa shape index (κ1) is 23.2. The molecule has 4 aromatic rings. The van der Waals surface area contributed by atoms with E-state index in [0.717, 1.165) is 16.5 Å². The summed E-state index contributed by atoms with van der Waals surface area (Å²) in [5, 5.41) is 12.6. The minimum Gasteiger partial charge on any atom is -0.452 e. The number of rotatable bonds is 6. The van der Waals surface area contributed by atoms with E-state index in [-0.39, 0.29) is 6.42 Å². The largest absolute Gasteiger partial charge is 0.452 e. The third-order valence-electron chi connectivity index (χ3n) is 5.37. The van der Waals surface area contributed by atoms with Crippen molar-refractivity contribution < 1.29 is 19.1 Å². The molecule has 9 nitrogen and oxygen atoms in total. The van der Waals surface area contributed by atoms with E-state index in [1.165, 1.54) is 18.2 Å². The van der Waals surface area contributed by atoms with Gasteiger partial charge in [0.05, 0.1) is 36.3 Å². The van der Waals surface area contributed by atoms with E-state index in [2.05, 4.69) is 21.4 Å². The van der Waals surface area contributed by atoms with E-state index in [1.807, 2.05) is 6.07 Å². The van der Waals surface area contributed by atoms with E-state index < -0.39 is 17.8 Å². The van der Waals surface area contributed by atoms with E-state index in [9.17, 15) is 19.6 Å². The minimum absolute atomic E-state index is 0.121. The lowest BCUT2D eigenvalue weighted by molar-refractivity contribution is -0.134. The zero-order valence-electron chi connectivity index (χ0n) is 19.0. The Kier molecular flexibility index (Phi) is 6.55. The normalized spacial score (nSPS) is 10.4. The van der Waals surface area contributed by atoms with Crippen molar-refractivity contribution >= 4 is 45.9 Å². The summed E-state index contributed by atoms with van der Waals surface area (Å²) in [6.07, 6.45) is 2.80. The molecule has 0 saturated heterocycles. The number of ether oxygens (including phenoxy) is 1. The molecular formula is C26H21N5O4. The molecule has 2 N–H and O–H groups in total. The van der Waals surface area contributed by atoms with Gasteiger partial charge in [-0.3, -0.25) is 9.59 Å². The van der Waals surface area contributed by atoms with E-state index in [0.29, 0.717) is 28.3 Å². The zero-order chi connectivity index (χ0) is 24.9. The van der Waals surface area contributed by atoms with Gasteiger partial charge in [-0.25, -0.2) is 14.7 Å². The van der Waals surface area contributed by atoms with Crippen LogP contribution in [0.25, 0.3) is 22.2 Å². The number of Topliss-reactive ketones (excluding diaryl/α,β-unsaturated/α-hetero) is 1. The quantitative estimate of drug-likeness (QED) is 0.387. The fourth-order valence-corrected chi connectivity index (χ4v) is 3.65. The number of aromatic amines is 1. The van der Waals surface area contributed by atoms with Crippen molar-refractivity contribution in [2.75, 3.05) is 17.3 Å². The van der Waals surface area contributed by atoms with Gasteiger partial charge >= 0.3 is 6.09 Å². The molecule has 2 aromatic heterocycles. The van der Waals surface area contributed by atoms with Crippen LogP contribution in [-0.4, -0.2) is 34.9 Å². The highest BCUT2D eigenvalue weighted by Gasteiger charge is 2.21. The molecule has 35 heavy (non-hydrogen) atoms. The Bertz CT molecular complexity index is 1480. The topological polar surface area (TPSA) is 128 Å². The van der Waals surface area contributed by atoms with Crippen LogP contribution in [0.1, 0.15) is 18.9 Å².